The molecular formula is C8H12O3S. The molecule has 12 heavy (non-hydrogen) atoms. The van der Waals surface area contributed by atoms with Crippen molar-refractivity contribution in [2.75, 3.05) is 0 Å². The number of hydrogen-bond donors (Lipinski definition) is 2. The number of hydrogen-bond acceptors (Lipinski definition) is 3. The van der Waals surface area contributed by atoms with Gasteiger partial charge in [-0.1, -0.05) is 13.5 Å². The topological polar surface area (TPSA) is 54.4 Å². The molecule has 68 valence electrons. The van der Waals surface area contributed by atoms with Gasteiger partial charge in [0.15, 0.2) is 5.78 Å². The van der Waals surface area contributed by atoms with Crippen LogP contribution in [0.1, 0.15) is 19.8 Å². The Morgan fingerprint density at radius 2 is 2.08 bits per heavy atom. The molecule has 0 aliphatic heterocycles. The van der Waals surface area contributed by atoms with Gasteiger partial charge in [-0.2, -0.15) is 12.6 Å². The van der Waals surface area contributed by atoms with Gasteiger partial charge in [-0.3, -0.25) is 4.79 Å². The predicted octanol–water partition coefficient (Wildman–Crippen LogP) is 1.29. The molecule has 1 N–H and O–H groups in total. The normalized spacial score (nSPS) is 12.2. The maximum absolute atomic E-state index is 11.0. The summed E-state index contributed by atoms with van der Waals surface area (Å²) in [7, 11) is 0. The SMILES string of the molecule is C=C(C(=O)O)C(=O)CC(S)CC. The van der Waals surface area contributed by atoms with Gasteiger partial charge in [0.25, 0.3) is 0 Å². The van der Waals surface area contributed by atoms with Crippen molar-refractivity contribution < 1.29 is 14.7 Å². The molecule has 0 bridgehead atoms. The lowest BCUT2D eigenvalue weighted by atomic mass is 10.1. The fourth-order valence-electron chi connectivity index (χ4n) is 0.601. The van der Waals surface area contributed by atoms with Crippen molar-refractivity contribution in [3.63, 3.8) is 0 Å². The Labute approximate surface area is 76.9 Å². The zero-order valence-corrected chi connectivity index (χ0v) is 7.80. The highest BCUT2D eigenvalue weighted by Gasteiger charge is 2.16. The molecule has 0 saturated carbocycles. The molecule has 4 heteroatoms. The number of carbonyl (C=O) groups is 2. The summed E-state index contributed by atoms with van der Waals surface area (Å²) in [5.74, 6) is -1.69. The highest BCUT2D eigenvalue weighted by Crippen LogP contribution is 2.09. The van der Waals surface area contributed by atoms with Crippen LogP contribution in [0.15, 0.2) is 12.2 Å². The number of rotatable bonds is 5. The molecule has 0 saturated heterocycles. The molecule has 0 radical (unpaired) electrons. The maximum Gasteiger partial charge on any atom is 0.338 e. The van der Waals surface area contributed by atoms with Gasteiger partial charge in [-0.05, 0) is 6.42 Å². The molecule has 1 unspecified atom stereocenters. The number of thiol groups is 1. The number of carbonyl (C=O) groups excluding carboxylic acids is 1. The number of carboxylic acids is 1. The van der Waals surface area contributed by atoms with Crippen LogP contribution in [0.25, 0.3) is 0 Å². The number of Topliss-reactive ketones (excluding diaryl/α,β-unsaturated/α-hetero) is 1. The summed E-state index contributed by atoms with van der Waals surface area (Å²) in [6.45, 7) is 5.04. The molecule has 0 spiro atoms. The smallest absolute Gasteiger partial charge is 0.338 e. The van der Waals surface area contributed by atoms with Crippen LogP contribution in [0.2, 0.25) is 0 Å². The molecule has 0 rings (SSSR count). The van der Waals surface area contributed by atoms with E-state index in [4.69, 9.17) is 5.11 Å². The van der Waals surface area contributed by atoms with E-state index in [1.54, 1.807) is 0 Å². The summed E-state index contributed by atoms with van der Waals surface area (Å²) in [5, 5.41) is 8.32. The van der Waals surface area contributed by atoms with E-state index in [0.717, 1.165) is 6.42 Å². The summed E-state index contributed by atoms with van der Waals surface area (Å²) >= 11 is 4.08. The first-order chi connectivity index (χ1) is 5.49. The summed E-state index contributed by atoms with van der Waals surface area (Å²) in [4.78, 5) is 21.3. The monoisotopic (exact) mass is 188 g/mol. The summed E-state index contributed by atoms with van der Waals surface area (Å²) < 4.78 is 0. The first kappa shape index (κ1) is 11.2. The Balaban J connectivity index is 4.05. The lowest BCUT2D eigenvalue weighted by Crippen LogP contribution is -2.14. The Morgan fingerprint density at radius 1 is 1.58 bits per heavy atom. The van der Waals surface area contributed by atoms with E-state index < -0.39 is 11.8 Å². The molecule has 0 aromatic heterocycles. The molecule has 0 amide bonds. The van der Waals surface area contributed by atoms with Crippen molar-refractivity contribution in [3.05, 3.63) is 12.2 Å². The fourth-order valence-corrected chi connectivity index (χ4v) is 0.767. The van der Waals surface area contributed by atoms with Crippen LogP contribution >= 0.6 is 12.6 Å². The molecule has 0 aromatic rings. The maximum atomic E-state index is 11.0. The second-order valence-corrected chi connectivity index (χ2v) is 3.20. The Bertz CT molecular complexity index is 210. The largest absolute Gasteiger partial charge is 0.478 e. The highest BCUT2D eigenvalue weighted by molar-refractivity contribution is 7.81. The van der Waals surface area contributed by atoms with E-state index in [2.05, 4.69) is 19.2 Å². The van der Waals surface area contributed by atoms with Gasteiger partial charge in [0.1, 0.15) is 0 Å². The van der Waals surface area contributed by atoms with E-state index >= 15 is 0 Å². The van der Waals surface area contributed by atoms with Crippen molar-refractivity contribution in [1.82, 2.24) is 0 Å². The minimum Gasteiger partial charge on any atom is -0.478 e. The van der Waals surface area contributed by atoms with Crippen LogP contribution in [-0.2, 0) is 9.59 Å². The quantitative estimate of drug-likeness (QED) is 0.296. The summed E-state index contributed by atoms with van der Waals surface area (Å²) in [6, 6.07) is 0. The van der Waals surface area contributed by atoms with E-state index in [0.29, 0.717) is 0 Å². The Kier molecular flexibility index (Phi) is 4.66. The number of carboxylic acid groups (broad SMARTS) is 1. The molecule has 3 nitrogen and oxygen atoms in total. The van der Waals surface area contributed by atoms with Crippen LogP contribution in [0.4, 0.5) is 0 Å². The van der Waals surface area contributed by atoms with Gasteiger partial charge in [0.2, 0.25) is 0 Å². The van der Waals surface area contributed by atoms with Crippen LogP contribution in [0, 0.1) is 0 Å². The molecule has 0 fully saturated rings. The molecule has 0 aliphatic rings. The van der Waals surface area contributed by atoms with Crippen LogP contribution in [-0.4, -0.2) is 22.1 Å². The molecule has 0 heterocycles. The lowest BCUT2D eigenvalue weighted by molar-refractivity contribution is -0.134. The van der Waals surface area contributed by atoms with Crippen LogP contribution < -0.4 is 0 Å². The van der Waals surface area contributed by atoms with Crippen LogP contribution in [0.3, 0.4) is 0 Å². The minimum absolute atomic E-state index is 0.0754. The van der Waals surface area contributed by atoms with Crippen molar-refractivity contribution in [2.24, 2.45) is 0 Å². The van der Waals surface area contributed by atoms with Gasteiger partial charge >= 0.3 is 5.97 Å². The van der Waals surface area contributed by atoms with Gasteiger partial charge in [0.05, 0.1) is 5.57 Å². The van der Waals surface area contributed by atoms with E-state index in [-0.39, 0.29) is 17.2 Å². The third kappa shape index (κ3) is 3.57. The number of aliphatic carboxylic acids is 1. The zero-order valence-electron chi connectivity index (χ0n) is 6.91. The van der Waals surface area contributed by atoms with E-state index in [1.165, 1.54) is 0 Å². The average Bonchev–Trinajstić information content (AvgIpc) is 2.02. The van der Waals surface area contributed by atoms with Crippen LogP contribution in [0.5, 0.6) is 0 Å². The highest BCUT2D eigenvalue weighted by atomic mass is 32.1. The van der Waals surface area contributed by atoms with E-state index in [1.807, 2.05) is 6.92 Å². The lowest BCUT2D eigenvalue weighted by Gasteiger charge is -2.05. The second-order valence-electron chi connectivity index (χ2n) is 2.47. The third-order valence-corrected chi connectivity index (χ3v) is 2.03. The number of ketones is 1. The zero-order chi connectivity index (χ0) is 9.72. The van der Waals surface area contributed by atoms with Gasteiger partial charge in [0, 0.05) is 11.7 Å². The van der Waals surface area contributed by atoms with Gasteiger partial charge in [-0.25, -0.2) is 4.79 Å². The van der Waals surface area contributed by atoms with Crippen molar-refractivity contribution in [2.45, 2.75) is 25.0 Å². The standard InChI is InChI=1S/C8H12O3S/c1-3-6(12)4-7(9)5(2)8(10)11/h6,12H,2-4H2,1H3,(H,10,11). The molecular weight excluding hydrogens is 176 g/mol. The molecule has 1 atom stereocenters. The van der Waals surface area contributed by atoms with Gasteiger partial charge < -0.3 is 5.11 Å². The first-order valence-electron chi connectivity index (χ1n) is 3.62. The molecule has 0 aliphatic carbocycles. The molecule has 0 aromatic carbocycles. The summed E-state index contributed by atoms with van der Waals surface area (Å²) in [5.41, 5.74) is -0.359. The van der Waals surface area contributed by atoms with Gasteiger partial charge in [-0.15, -0.1) is 0 Å². The first-order valence-corrected chi connectivity index (χ1v) is 4.14. The summed E-state index contributed by atoms with van der Waals surface area (Å²) in [6.07, 6.45) is 0.881. The average molecular weight is 188 g/mol. The third-order valence-electron chi connectivity index (χ3n) is 1.49. The minimum atomic E-state index is -1.25. The fraction of sp³-hybridized carbons (Fsp3) is 0.500. The van der Waals surface area contributed by atoms with E-state index in [9.17, 15) is 9.59 Å². The second kappa shape index (κ2) is 4.98. The van der Waals surface area contributed by atoms with Crippen molar-refractivity contribution in [3.8, 4) is 0 Å². The Morgan fingerprint density at radius 3 is 2.42 bits per heavy atom. The Hall–Kier alpha value is -0.770. The van der Waals surface area contributed by atoms with Crippen molar-refractivity contribution in [1.29, 1.82) is 0 Å². The van der Waals surface area contributed by atoms with Crippen molar-refractivity contribution >= 4 is 24.4 Å². The predicted molar refractivity (Wildman–Crippen MR) is 49.5 cm³/mol.